The van der Waals surface area contributed by atoms with E-state index in [1.165, 1.54) is 11.1 Å². The van der Waals surface area contributed by atoms with Crippen molar-refractivity contribution < 1.29 is 19.0 Å². The minimum absolute atomic E-state index is 0.0526. The van der Waals surface area contributed by atoms with Crippen LogP contribution in [0.4, 0.5) is 0 Å². The molecule has 0 aliphatic carbocycles. The summed E-state index contributed by atoms with van der Waals surface area (Å²) >= 11 is 0. The monoisotopic (exact) mass is 516 g/mol. The Kier molecular flexibility index (Phi) is 9.56. The van der Waals surface area contributed by atoms with Crippen molar-refractivity contribution >= 4 is 12.1 Å². The highest BCUT2D eigenvalue weighted by Gasteiger charge is 2.27. The summed E-state index contributed by atoms with van der Waals surface area (Å²) in [4.78, 5) is 12.2. The summed E-state index contributed by atoms with van der Waals surface area (Å²) in [6.07, 6.45) is 2.62. The van der Waals surface area contributed by atoms with Gasteiger partial charge in [-0.05, 0) is 71.2 Å². The summed E-state index contributed by atoms with van der Waals surface area (Å²) < 4.78 is 17.0. The average Bonchev–Trinajstić information content (AvgIpc) is 2.86. The molecule has 0 unspecified atom stereocenters. The molecule has 6 nitrogen and oxygen atoms in total. The number of amides is 1. The number of hydrogen-bond acceptors (Lipinski definition) is 5. The third-order valence-corrected chi connectivity index (χ3v) is 6.08. The van der Waals surface area contributed by atoms with Gasteiger partial charge < -0.3 is 14.2 Å². The second-order valence-corrected chi connectivity index (χ2v) is 11.4. The average molecular weight is 517 g/mol. The Balaban J connectivity index is 1.48. The third-order valence-electron chi connectivity index (χ3n) is 6.08. The number of nitrogens with zero attached hydrogens (tertiary/aromatic N) is 1. The number of benzene rings is 3. The van der Waals surface area contributed by atoms with Gasteiger partial charge in [0.15, 0.2) is 18.1 Å². The molecule has 0 saturated heterocycles. The number of methoxy groups -OCH3 is 1. The summed E-state index contributed by atoms with van der Waals surface area (Å²) in [6, 6.07) is 21.6. The van der Waals surface area contributed by atoms with Crippen molar-refractivity contribution in [3.05, 3.63) is 89.0 Å². The normalized spacial score (nSPS) is 11.9. The Morgan fingerprint density at radius 3 is 2.21 bits per heavy atom. The molecular weight excluding hydrogens is 476 g/mol. The Morgan fingerprint density at radius 2 is 1.58 bits per heavy atom. The van der Waals surface area contributed by atoms with Crippen molar-refractivity contribution in [1.82, 2.24) is 5.43 Å². The summed E-state index contributed by atoms with van der Waals surface area (Å²) in [6.45, 7) is 13.6. The Hall–Kier alpha value is -3.80. The van der Waals surface area contributed by atoms with E-state index in [0.717, 1.165) is 17.5 Å². The predicted molar refractivity (Wildman–Crippen MR) is 153 cm³/mol. The predicted octanol–water partition coefficient (Wildman–Crippen LogP) is 6.83. The molecule has 0 spiro atoms. The van der Waals surface area contributed by atoms with Crippen molar-refractivity contribution in [3.8, 4) is 17.2 Å². The SMILES string of the molecule is COc1cc(/C=N/NC(=O)COc2ccc(C(C)(C)CC(C)(C)C)cc2)ccc1OCc1ccc(C)cc1. The molecule has 3 aromatic carbocycles. The molecule has 0 aromatic heterocycles. The Labute approximate surface area is 227 Å². The van der Waals surface area contributed by atoms with Crippen molar-refractivity contribution in [2.24, 2.45) is 10.5 Å². The number of carbonyl (C=O) groups excluding carboxylic acids is 1. The van der Waals surface area contributed by atoms with Gasteiger partial charge in [-0.25, -0.2) is 5.43 Å². The highest BCUT2D eigenvalue weighted by atomic mass is 16.5. The Morgan fingerprint density at radius 1 is 0.895 bits per heavy atom. The van der Waals surface area contributed by atoms with Gasteiger partial charge in [0.25, 0.3) is 5.91 Å². The van der Waals surface area contributed by atoms with Crippen molar-refractivity contribution in [2.45, 2.75) is 60.0 Å². The van der Waals surface area contributed by atoms with E-state index in [1.807, 2.05) is 36.4 Å². The number of carbonyl (C=O) groups is 1. The van der Waals surface area contributed by atoms with E-state index in [-0.39, 0.29) is 23.3 Å². The van der Waals surface area contributed by atoms with Crippen LogP contribution in [0.25, 0.3) is 0 Å². The van der Waals surface area contributed by atoms with Crippen molar-refractivity contribution in [3.63, 3.8) is 0 Å². The van der Waals surface area contributed by atoms with Crippen LogP contribution in [-0.2, 0) is 16.8 Å². The number of rotatable bonds is 11. The number of hydrogen-bond donors (Lipinski definition) is 1. The van der Waals surface area contributed by atoms with Gasteiger partial charge >= 0.3 is 0 Å². The molecule has 6 heteroatoms. The van der Waals surface area contributed by atoms with E-state index >= 15 is 0 Å². The summed E-state index contributed by atoms with van der Waals surface area (Å²) in [7, 11) is 1.59. The zero-order valence-electron chi connectivity index (χ0n) is 23.6. The molecule has 0 aliphatic rings. The first kappa shape index (κ1) is 28.8. The van der Waals surface area contributed by atoms with E-state index < -0.39 is 0 Å². The van der Waals surface area contributed by atoms with Crippen molar-refractivity contribution in [1.29, 1.82) is 0 Å². The first-order chi connectivity index (χ1) is 17.9. The molecule has 0 atom stereocenters. The van der Waals surface area contributed by atoms with Gasteiger partial charge in [-0.15, -0.1) is 0 Å². The Bertz CT molecular complexity index is 1220. The van der Waals surface area contributed by atoms with Crippen LogP contribution in [0.3, 0.4) is 0 Å². The van der Waals surface area contributed by atoms with E-state index in [1.54, 1.807) is 19.4 Å². The lowest BCUT2D eigenvalue weighted by Gasteiger charge is -2.33. The minimum Gasteiger partial charge on any atom is -0.493 e. The maximum absolute atomic E-state index is 12.2. The molecule has 0 bridgehead atoms. The maximum atomic E-state index is 12.2. The zero-order valence-corrected chi connectivity index (χ0v) is 23.6. The van der Waals surface area contributed by atoms with E-state index in [9.17, 15) is 4.79 Å². The fourth-order valence-corrected chi connectivity index (χ4v) is 4.52. The van der Waals surface area contributed by atoms with Crippen LogP contribution in [0, 0.1) is 12.3 Å². The quantitative estimate of drug-likeness (QED) is 0.224. The fourth-order valence-electron chi connectivity index (χ4n) is 4.52. The van der Waals surface area contributed by atoms with E-state index in [2.05, 4.69) is 76.3 Å². The van der Waals surface area contributed by atoms with E-state index in [4.69, 9.17) is 14.2 Å². The van der Waals surface area contributed by atoms with Crippen LogP contribution in [0.5, 0.6) is 17.2 Å². The van der Waals surface area contributed by atoms with Crippen molar-refractivity contribution in [2.75, 3.05) is 13.7 Å². The lowest BCUT2D eigenvalue weighted by molar-refractivity contribution is -0.123. The molecule has 0 aliphatic heterocycles. The molecule has 0 saturated carbocycles. The van der Waals surface area contributed by atoms with Gasteiger partial charge in [-0.3, -0.25) is 4.79 Å². The summed E-state index contributed by atoms with van der Waals surface area (Å²) in [5.41, 5.74) is 7.08. The molecule has 1 N–H and O–H groups in total. The molecule has 0 radical (unpaired) electrons. The fraction of sp³-hybridized carbons (Fsp3) is 0.375. The molecule has 3 aromatic rings. The second-order valence-electron chi connectivity index (χ2n) is 11.4. The highest BCUT2D eigenvalue weighted by molar-refractivity contribution is 5.83. The zero-order chi connectivity index (χ0) is 27.8. The van der Waals surface area contributed by atoms with Gasteiger partial charge in [0.2, 0.25) is 0 Å². The summed E-state index contributed by atoms with van der Waals surface area (Å²) in [5, 5.41) is 4.04. The van der Waals surface area contributed by atoms with Crippen LogP contribution in [0.1, 0.15) is 63.3 Å². The first-order valence-electron chi connectivity index (χ1n) is 12.9. The topological polar surface area (TPSA) is 69.2 Å². The van der Waals surface area contributed by atoms with Gasteiger partial charge in [0.1, 0.15) is 12.4 Å². The molecule has 202 valence electrons. The number of nitrogens with one attached hydrogen (secondary N) is 1. The van der Waals surface area contributed by atoms with Crippen LogP contribution in [0.15, 0.2) is 71.8 Å². The van der Waals surface area contributed by atoms with Gasteiger partial charge in [-0.2, -0.15) is 5.10 Å². The molecule has 3 rings (SSSR count). The van der Waals surface area contributed by atoms with Crippen LogP contribution in [0.2, 0.25) is 0 Å². The molecule has 0 heterocycles. The standard InChI is InChI=1S/C32H40N2O4/c1-23-8-10-24(11-9-23)20-38-28-17-12-25(18-29(28)36-7)19-33-34-30(35)21-37-27-15-13-26(14-16-27)32(5,6)22-31(2,3)4/h8-19H,20-22H2,1-7H3,(H,34,35)/b33-19+. The second kappa shape index (κ2) is 12.6. The van der Waals surface area contributed by atoms with Gasteiger partial charge in [0.05, 0.1) is 13.3 Å². The minimum atomic E-state index is -0.344. The molecule has 38 heavy (non-hydrogen) atoms. The lowest BCUT2D eigenvalue weighted by atomic mass is 9.72. The first-order valence-corrected chi connectivity index (χ1v) is 12.9. The molecule has 0 fully saturated rings. The van der Waals surface area contributed by atoms with E-state index in [0.29, 0.717) is 23.9 Å². The van der Waals surface area contributed by atoms with Crippen LogP contribution < -0.4 is 19.6 Å². The third kappa shape index (κ3) is 8.94. The molecular formula is C32H40N2O4. The number of hydrazone groups is 1. The number of aryl methyl sites for hydroxylation is 1. The smallest absolute Gasteiger partial charge is 0.277 e. The van der Waals surface area contributed by atoms with Crippen LogP contribution in [-0.4, -0.2) is 25.8 Å². The summed E-state index contributed by atoms with van der Waals surface area (Å²) in [5.74, 6) is 1.52. The molecule has 1 amide bonds. The van der Waals surface area contributed by atoms with Crippen LogP contribution >= 0.6 is 0 Å². The lowest BCUT2D eigenvalue weighted by Crippen LogP contribution is -2.25. The highest BCUT2D eigenvalue weighted by Crippen LogP contribution is 2.36. The number of ether oxygens (including phenoxy) is 3. The van der Waals surface area contributed by atoms with Gasteiger partial charge in [0, 0.05) is 0 Å². The largest absolute Gasteiger partial charge is 0.493 e. The van der Waals surface area contributed by atoms with Gasteiger partial charge in [-0.1, -0.05) is 76.6 Å². The maximum Gasteiger partial charge on any atom is 0.277 e.